The molecule has 4 heteroatoms. The lowest BCUT2D eigenvalue weighted by Crippen LogP contribution is -2.04. The highest BCUT2D eigenvalue weighted by Crippen LogP contribution is 2.27. The fraction of sp³-hybridized carbons (Fsp3) is 0.231. The van der Waals surface area contributed by atoms with Crippen molar-refractivity contribution < 1.29 is 9.53 Å². The number of halogens is 1. The van der Waals surface area contributed by atoms with Crippen molar-refractivity contribution in [3.63, 3.8) is 0 Å². The molecule has 0 radical (unpaired) electrons. The monoisotopic (exact) mass is 249 g/mol. The third kappa shape index (κ3) is 2.11. The summed E-state index contributed by atoms with van der Waals surface area (Å²) < 4.78 is 4.64. The minimum atomic E-state index is -0.479. The molecule has 1 aromatic carbocycles. The van der Waals surface area contributed by atoms with Gasteiger partial charge >= 0.3 is 5.97 Å². The van der Waals surface area contributed by atoms with Gasteiger partial charge in [0.2, 0.25) is 0 Å². The zero-order chi connectivity index (χ0) is 12.6. The van der Waals surface area contributed by atoms with Crippen LogP contribution in [0.4, 0.5) is 0 Å². The molecular formula is C13H12ClNO2. The molecule has 0 N–H and O–H groups in total. The number of hydrogen-bond acceptors (Lipinski definition) is 3. The lowest BCUT2D eigenvalue weighted by Gasteiger charge is -2.07. The molecule has 0 unspecified atom stereocenters. The second-order valence-electron chi connectivity index (χ2n) is 3.97. The molecule has 3 nitrogen and oxygen atoms in total. The number of nitrogens with zero attached hydrogens (tertiary/aromatic N) is 1. The Balaban J connectivity index is 2.77. The molecule has 0 saturated carbocycles. The van der Waals surface area contributed by atoms with Crippen LogP contribution in [0.1, 0.15) is 21.6 Å². The summed E-state index contributed by atoms with van der Waals surface area (Å²) in [5.41, 5.74) is 2.40. The van der Waals surface area contributed by atoms with E-state index in [1.165, 1.54) is 7.11 Å². The van der Waals surface area contributed by atoms with Crippen molar-refractivity contribution >= 4 is 28.3 Å². The highest BCUT2D eigenvalue weighted by Gasteiger charge is 2.12. The number of methoxy groups -OCH3 is 1. The predicted octanol–water partition coefficient (Wildman–Crippen LogP) is 3.29. The van der Waals surface area contributed by atoms with Crippen molar-refractivity contribution in [3.8, 4) is 0 Å². The van der Waals surface area contributed by atoms with Crippen LogP contribution in [-0.2, 0) is 4.74 Å². The van der Waals surface area contributed by atoms with E-state index in [-0.39, 0.29) is 5.69 Å². The first-order valence-corrected chi connectivity index (χ1v) is 5.56. The van der Waals surface area contributed by atoms with Gasteiger partial charge in [0.25, 0.3) is 0 Å². The van der Waals surface area contributed by atoms with E-state index in [9.17, 15) is 4.79 Å². The zero-order valence-corrected chi connectivity index (χ0v) is 10.6. The average Bonchev–Trinajstić information content (AvgIpc) is 2.26. The van der Waals surface area contributed by atoms with E-state index in [1.807, 2.05) is 26.0 Å². The maximum atomic E-state index is 11.4. The van der Waals surface area contributed by atoms with Crippen LogP contribution in [0.5, 0.6) is 0 Å². The van der Waals surface area contributed by atoms with Gasteiger partial charge in [-0.3, -0.25) is 0 Å². The zero-order valence-electron chi connectivity index (χ0n) is 9.87. The second kappa shape index (κ2) is 4.34. The van der Waals surface area contributed by atoms with E-state index in [0.29, 0.717) is 5.15 Å². The Morgan fingerprint density at radius 2 is 2.00 bits per heavy atom. The van der Waals surface area contributed by atoms with E-state index in [0.717, 1.165) is 21.9 Å². The van der Waals surface area contributed by atoms with E-state index in [1.54, 1.807) is 6.07 Å². The summed E-state index contributed by atoms with van der Waals surface area (Å²) in [5.74, 6) is -0.479. The molecule has 0 aliphatic carbocycles. The van der Waals surface area contributed by atoms with E-state index >= 15 is 0 Å². The van der Waals surface area contributed by atoms with Gasteiger partial charge in [-0.15, -0.1) is 0 Å². The number of ether oxygens (including phenoxy) is 1. The summed E-state index contributed by atoms with van der Waals surface area (Å²) in [6.07, 6.45) is 0. The number of carbonyl (C=O) groups excluding carboxylic acids is 1. The Hall–Kier alpha value is -1.61. The van der Waals surface area contributed by atoms with Crippen molar-refractivity contribution in [3.05, 3.63) is 40.2 Å². The normalized spacial score (nSPS) is 10.6. The number of hydrogen-bond donors (Lipinski definition) is 0. The Bertz CT molecular complexity index is 608. The minimum absolute atomic E-state index is 0.231. The summed E-state index contributed by atoms with van der Waals surface area (Å²) in [6, 6.07) is 5.71. The van der Waals surface area contributed by atoms with Crippen molar-refractivity contribution in [1.29, 1.82) is 0 Å². The van der Waals surface area contributed by atoms with Gasteiger partial charge in [-0.1, -0.05) is 29.3 Å². The van der Waals surface area contributed by atoms with Gasteiger partial charge in [-0.05, 0) is 30.9 Å². The van der Waals surface area contributed by atoms with Crippen LogP contribution in [0.3, 0.4) is 0 Å². The highest BCUT2D eigenvalue weighted by atomic mass is 35.5. The average molecular weight is 250 g/mol. The number of esters is 1. The highest BCUT2D eigenvalue weighted by molar-refractivity contribution is 6.34. The molecule has 0 amide bonds. The standard InChI is InChI=1S/C13H12ClNO2/c1-7-4-8(2)11-9(5-7)6-10(13(16)17-3)15-12(11)14/h4-6H,1-3H3. The first kappa shape index (κ1) is 11.9. The van der Waals surface area contributed by atoms with Crippen molar-refractivity contribution in [2.75, 3.05) is 7.11 Å². The number of benzene rings is 1. The molecule has 0 saturated heterocycles. The van der Waals surface area contributed by atoms with Crippen LogP contribution in [0.25, 0.3) is 10.8 Å². The number of aryl methyl sites for hydroxylation is 2. The van der Waals surface area contributed by atoms with Crippen LogP contribution in [-0.4, -0.2) is 18.1 Å². The predicted molar refractivity (Wildman–Crippen MR) is 67.6 cm³/mol. The van der Waals surface area contributed by atoms with Crippen LogP contribution in [0.15, 0.2) is 18.2 Å². The van der Waals surface area contributed by atoms with Crippen LogP contribution < -0.4 is 0 Å². The number of aromatic nitrogens is 1. The summed E-state index contributed by atoms with van der Waals surface area (Å²) in [7, 11) is 1.32. The quantitative estimate of drug-likeness (QED) is 0.575. The molecule has 0 aliphatic rings. The molecule has 1 heterocycles. The van der Waals surface area contributed by atoms with Crippen molar-refractivity contribution in [2.45, 2.75) is 13.8 Å². The molecule has 0 bridgehead atoms. The summed E-state index contributed by atoms with van der Waals surface area (Å²) in [6.45, 7) is 3.97. The minimum Gasteiger partial charge on any atom is -0.464 e. The third-order valence-corrected chi connectivity index (χ3v) is 2.90. The van der Waals surface area contributed by atoms with Gasteiger partial charge in [0.15, 0.2) is 5.69 Å². The van der Waals surface area contributed by atoms with Crippen LogP contribution in [0.2, 0.25) is 5.15 Å². The maximum Gasteiger partial charge on any atom is 0.356 e. The van der Waals surface area contributed by atoms with Gasteiger partial charge in [0.1, 0.15) is 5.15 Å². The maximum absolute atomic E-state index is 11.4. The molecule has 0 aliphatic heterocycles. The molecule has 0 fully saturated rings. The van der Waals surface area contributed by atoms with Gasteiger partial charge in [0, 0.05) is 5.39 Å². The Morgan fingerprint density at radius 1 is 1.29 bits per heavy atom. The van der Waals surface area contributed by atoms with E-state index in [2.05, 4.69) is 9.72 Å². The molecule has 0 atom stereocenters. The number of carbonyl (C=O) groups is 1. The van der Waals surface area contributed by atoms with Gasteiger partial charge in [-0.25, -0.2) is 9.78 Å². The largest absolute Gasteiger partial charge is 0.464 e. The smallest absolute Gasteiger partial charge is 0.356 e. The fourth-order valence-corrected chi connectivity index (χ4v) is 2.30. The molecule has 2 rings (SSSR count). The number of rotatable bonds is 1. The SMILES string of the molecule is COC(=O)c1cc2cc(C)cc(C)c2c(Cl)n1. The Labute approximate surface area is 104 Å². The second-order valence-corrected chi connectivity index (χ2v) is 4.33. The first-order valence-electron chi connectivity index (χ1n) is 5.18. The summed E-state index contributed by atoms with van der Waals surface area (Å²) in [4.78, 5) is 15.5. The van der Waals surface area contributed by atoms with Gasteiger partial charge in [0.05, 0.1) is 7.11 Å². The topological polar surface area (TPSA) is 39.2 Å². The third-order valence-electron chi connectivity index (χ3n) is 2.62. The summed E-state index contributed by atoms with van der Waals surface area (Å²) in [5, 5.41) is 2.12. The molecular weight excluding hydrogens is 238 g/mol. The van der Waals surface area contributed by atoms with Gasteiger partial charge < -0.3 is 4.74 Å². The Morgan fingerprint density at radius 3 is 2.65 bits per heavy atom. The molecule has 1 aromatic heterocycles. The molecule has 2 aromatic rings. The lowest BCUT2D eigenvalue weighted by atomic mass is 10.0. The number of pyridine rings is 1. The lowest BCUT2D eigenvalue weighted by molar-refractivity contribution is 0.0594. The van der Waals surface area contributed by atoms with Crippen LogP contribution >= 0.6 is 11.6 Å². The summed E-state index contributed by atoms with van der Waals surface area (Å²) >= 11 is 6.10. The van der Waals surface area contributed by atoms with Crippen LogP contribution in [0, 0.1) is 13.8 Å². The van der Waals surface area contributed by atoms with Gasteiger partial charge in [-0.2, -0.15) is 0 Å². The molecule has 88 valence electrons. The van der Waals surface area contributed by atoms with Crippen molar-refractivity contribution in [1.82, 2.24) is 4.98 Å². The first-order chi connectivity index (χ1) is 8.02. The number of fused-ring (bicyclic) bond motifs is 1. The fourth-order valence-electron chi connectivity index (χ4n) is 1.95. The van der Waals surface area contributed by atoms with Crippen molar-refractivity contribution in [2.24, 2.45) is 0 Å². The van der Waals surface area contributed by atoms with E-state index in [4.69, 9.17) is 11.6 Å². The molecule has 17 heavy (non-hydrogen) atoms. The molecule has 0 spiro atoms. The van der Waals surface area contributed by atoms with E-state index < -0.39 is 5.97 Å². The Kier molecular flexibility index (Phi) is 3.03.